The first kappa shape index (κ1) is 24.8. The Bertz CT molecular complexity index is 1450. The second-order valence-electron chi connectivity index (χ2n) is 8.88. The molecule has 0 radical (unpaired) electrons. The summed E-state index contributed by atoms with van der Waals surface area (Å²) in [4.78, 5) is 6.59. The molecule has 0 aliphatic carbocycles. The van der Waals surface area contributed by atoms with E-state index in [1.807, 2.05) is 71.8 Å². The van der Waals surface area contributed by atoms with Crippen LogP contribution in [0.15, 0.2) is 79.0 Å². The molecule has 5 nitrogen and oxygen atoms in total. The highest BCUT2D eigenvalue weighted by atomic mass is 32.1. The number of para-hydroxylation sites is 2. The Kier molecular flexibility index (Phi) is 6.41. The van der Waals surface area contributed by atoms with Crippen LogP contribution in [-0.2, 0) is 6.18 Å². The maximum absolute atomic E-state index is 13.5. The van der Waals surface area contributed by atoms with Gasteiger partial charge in [0, 0.05) is 23.3 Å². The summed E-state index contributed by atoms with van der Waals surface area (Å²) in [7, 11) is 1.61. The summed E-state index contributed by atoms with van der Waals surface area (Å²) < 4.78 is 47.9. The van der Waals surface area contributed by atoms with Crippen LogP contribution in [0.5, 0.6) is 5.75 Å². The van der Waals surface area contributed by atoms with Crippen LogP contribution in [0, 0.1) is 13.8 Å². The van der Waals surface area contributed by atoms with Gasteiger partial charge >= 0.3 is 6.18 Å². The topological polar surface area (TPSA) is 42.3 Å². The SMILES string of the molecule is COc1ccccc1N1C(=S)NC(c2ccccn2)C1c1cc(C)n(-c2cccc(C(F)(F)F)c2)c1C. The van der Waals surface area contributed by atoms with Crippen molar-refractivity contribution in [2.75, 3.05) is 12.0 Å². The van der Waals surface area contributed by atoms with E-state index >= 15 is 0 Å². The van der Waals surface area contributed by atoms with Gasteiger partial charge < -0.3 is 19.5 Å². The number of nitrogens with zero attached hydrogens (tertiary/aromatic N) is 3. The third-order valence-electron chi connectivity index (χ3n) is 6.66. The Balaban J connectivity index is 1.69. The lowest BCUT2D eigenvalue weighted by molar-refractivity contribution is -0.137. The predicted octanol–water partition coefficient (Wildman–Crippen LogP) is 6.69. The van der Waals surface area contributed by atoms with Crippen molar-refractivity contribution in [2.45, 2.75) is 32.1 Å². The molecule has 5 rings (SSSR count). The first-order valence-corrected chi connectivity index (χ1v) is 12.1. The Morgan fingerprint density at radius 1 is 0.973 bits per heavy atom. The molecule has 2 aromatic carbocycles. The molecule has 0 bridgehead atoms. The molecule has 37 heavy (non-hydrogen) atoms. The number of aryl methyl sites for hydroxylation is 1. The maximum Gasteiger partial charge on any atom is 0.416 e. The smallest absolute Gasteiger partial charge is 0.416 e. The molecule has 0 amide bonds. The fraction of sp³-hybridized carbons (Fsp3) is 0.214. The molecular formula is C28H25F3N4OS. The summed E-state index contributed by atoms with van der Waals surface area (Å²) in [5.74, 6) is 0.657. The van der Waals surface area contributed by atoms with Crippen molar-refractivity contribution >= 4 is 23.0 Å². The van der Waals surface area contributed by atoms with Gasteiger partial charge in [0.25, 0.3) is 0 Å². The number of nitrogens with one attached hydrogen (secondary N) is 1. The summed E-state index contributed by atoms with van der Waals surface area (Å²) >= 11 is 5.82. The van der Waals surface area contributed by atoms with Gasteiger partial charge in [-0.25, -0.2) is 0 Å². The Labute approximate surface area is 218 Å². The maximum atomic E-state index is 13.5. The number of hydrogen-bond acceptors (Lipinski definition) is 3. The first-order chi connectivity index (χ1) is 17.7. The average molecular weight is 523 g/mol. The van der Waals surface area contributed by atoms with Gasteiger partial charge in [-0.1, -0.05) is 24.3 Å². The number of alkyl halides is 3. The van der Waals surface area contributed by atoms with Crippen LogP contribution in [-0.4, -0.2) is 21.8 Å². The van der Waals surface area contributed by atoms with Gasteiger partial charge in [0.15, 0.2) is 5.11 Å². The molecule has 0 saturated carbocycles. The second-order valence-corrected chi connectivity index (χ2v) is 9.27. The van der Waals surface area contributed by atoms with Gasteiger partial charge in [-0.15, -0.1) is 0 Å². The van der Waals surface area contributed by atoms with Crippen LogP contribution >= 0.6 is 12.2 Å². The second kappa shape index (κ2) is 9.55. The van der Waals surface area contributed by atoms with Crippen LogP contribution in [0.2, 0.25) is 0 Å². The van der Waals surface area contributed by atoms with Crippen molar-refractivity contribution in [3.8, 4) is 11.4 Å². The van der Waals surface area contributed by atoms with Crippen molar-refractivity contribution in [1.29, 1.82) is 0 Å². The molecule has 9 heteroatoms. The van der Waals surface area contributed by atoms with Crippen molar-refractivity contribution in [3.05, 3.63) is 107 Å². The predicted molar refractivity (Wildman–Crippen MR) is 141 cm³/mol. The number of benzene rings is 2. The number of methoxy groups -OCH3 is 1. The minimum absolute atomic E-state index is 0.297. The molecule has 2 atom stereocenters. The van der Waals surface area contributed by atoms with Crippen molar-refractivity contribution < 1.29 is 17.9 Å². The van der Waals surface area contributed by atoms with E-state index < -0.39 is 11.7 Å². The lowest BCUT2D eigenvalue weighted by Crippen LogP contribution is -2.30. The van der Waals surface area contributed by atoms with Gasteiger partial charge in [-0.2, -0.15) is 13.2 Å². The lowest BCUT2D eigenvalue weighted by Gasteiger charge is -2.29. The molecule has 1 aliphatic rings. The number of anilines is 1. The fourth-order valence-electron chi connectivity index (χ4n) is 5.06. The van der Waals surface area contributed by atoms with E-state index in [0.29, 0.717) is 16.5 Å². The van der Waals surface area contributed by atoms with Crippen molar-refractivity contribution in [2.24, 2.45) is 0 Å². The fourth-order valence-corrected chi connectivity index (χ4v) is 5.40. The molecule has 0 spiro atoms. The van der Waals surface area contributed by atoms with Gasteiger partial charge in [0.2, 0.25) is 0 Å². The number of aromatic nitrogens is 2. The monoisotopic (exact) mass is 522 g/mol. The summed E-state index contributed by atoms with van der Waals surface area (Å²) in [6.45, 7) is 3.81. The van der Waals surface area contributed by atoms with Crippen LogP contribution in [0.25, 0.3) is 5.69 Å². The van der Waals surface area contributed by atoms with E-state index in [4.69, 9.17) is 17.0 Å². The third kappa shape index (κ3) is 4.44. The van der Waals surface area contributed by atoms with Gasteiger partial charge in [-0.05, 0) is 80.2 Å². The van der Waals surface area contributed by atoms with Gasteiger partial charge in [0.1, 0.15) is 5.75 Å². The van der Waals surface area contributed by atoms with Gasteiger partial charge in [0.05, 0.1) is 36.1 Å². The minimum atomic E-state index is -4.43. The zero-order chi connectivity index (χ0) is 26.3. The molecule has 1 aliphatic heterocycles. The average Bonchev–Trinajstić information content (AvgIpc) is 3.38. The minimum Gasteiger partial charge on any atom is -0.495 e. The summed E-state index contributed by atoms with van der Waals surface area (Å²) in [6.07, 6.45) is -2.70. The van der Waals surface area contributed by atoms with E-state index in [2.05, 4.69) is 10.3 Å². The zero-order valence-electron chi connectivity index (χ0n) is 20.5. The van der Waals surface area contributed by atoms with E-state index in [0.717, 1.165) is 34.4 Å². The highest BCUT2D eigenvalue weighted by molar-refractivity contribution is 7.80. The quantitative estimate of drug-likeness (QED) is 0.296. The molecule has 3 heterocycles. The molecule has 2 aromatic heterocycles. The Morgan fingerprint density at radius 3 is 2.43 bits per heavy atom. The van der Waals surface area contributed by atoms with Gasteiger partial charge in [-0.3, -0.25) is 4.98 Å². The summed E-state index contributed by atoms with van der Waals surface area (Å²) in [5, 5.41) is 3.93. The van der Waals surface area contributed by atoms with E-state index in [1.54, 1.807) is 19.4 Å². The number of hydrogen-bond donors (Lipinski definition) is 1. The zero-order valence-corrected chi connectivity index (χ0v) is 21.3. The van der Waals surface area contributed by atoms with E-state index in [9.17, 15) is 13.2 Å². The first-order valence-electron chi connectivity index (χ1n) is 11.7. The van der Waals surface area contributed by atoms with E-state index in [-0.39, 0.29) is 12.1 Å². The number of halogens is 3. The molecule has 1 fully saturated rings. The van der Waals surface area contributed by atoms with Crippen LogP contribution in [0.3, 0.4) is 0 Å². The molecule has 4 aromatic rings. The number of thiocarbonyl (C=S) groups is 1. The van der Waals surface area contributed by atoms with Crippen molar-refractivity contribution in [3.63, 3.8) is 0 Å². The highest BCUT2D eigenvalue weighted by Crippen LogP contribution is 2.46. The van der Waals surface area contributed by atoms with E-state index in [1.165, 1.54) is 12.1 Å². The Hall–Kier alpha value is -3.85. The highest BCUT2D eigenvalue weighted by Gasteiger charge is 2.43. The lowest BCUT2D eigenvalue weighted by atomic mass is 9.96. The largest absolute Gasteiger partial charge is 0.495 e. The third-order valence-corrected chi connectivity index (χ3v) is 6.98. The van der Waals surface area contributed by atoms with Crippen molar-refractivity contribution in [1.82, 2.24) is 14.9 Å². The molecule has 1 saturated heterocycles. The Morgan fingerprint density at radius 2 is 1.73 bits per heavy atom. The number of pyridine rings is 1. The van der Waals surface area contributed by atoms with Crippen LogP contribution < -0.4 is 15.0 Å². The standard InChI is InChI=1S/C28H25F3N4OS/c1-17-15-21(18(2)34(17)20-10-8-9-19(16-20)28(29,30)31)26-25(22-11-6-7-14-32-22)33-27(37)35(26)23-12-4-5-13-24(23)36-3/h4-16,25-26H,1-3H3,(H,33,37). The number of rotatable bonds is 5. The normalized spacial score (nSPS) is 17.7. The summed E-state index contributed by atoms with van der Waals surface area (Å²) in [6, 6.07) is 20.1. The molecule has 190 valence electrons. The van der Waals surface area contributed by atoms with Crippen LogP contribution in [0.1, 0.15) is 40.3 Å². The summed E-state index contributed by atoms with van der Waals surface area (Å²) in [5.41, 5.74) is 3.89. The molecular weight excluding hydrogens is 497 g/mol. The van der Waals surface area contributed by atoms with Crippen LogP contribution in [0.4, 0.5) is 18.9 Å². The number of ether oxygens (including phenoxy) is 1. The molecule has 1 N–H and O–H groups in total. The molecule has 2 unspecified atom stereocenters.